The quantitative estimate of drug-likeness (QED) is 0.166. The summed E-state index contributed by atoms with van der Waals surface area (Å²) in [4.78, 5) is 2.50. The predicted octanol–water partition coefficient (Wildman–Crippen LogP) is 17.8. The molecule has 0 bridgehead atoms. The van der Waals surface area contributed by atoms with Gasteiger partial charge in [-0.2, -0.15) is 0 Å². The van der Waals surface area contributed by atoms with Gasteiger partial charge in [-0.1, -0.05) is 232 Å². The summed E-state index contributed by atoms with van der Waals surface area (Å²) < 4.78 is 0. The third-order valence-electron chi connectivity index (χ3n) is 15.9. The van der Waals surface area contributed by atoms with E-state index in [-0.39, 0.29) is 16.2 Å². The fraction of sp³-hybridized carbons (Fsp3) is 0.206. The molecule has 1 nitrogen and oxygen atoms in total. The van der Waals surface area contributed by atoms with E-state index in [1.807, 2.05) is 0 Å². The van der Waals surface area contributed by atoms with E-state index in [0.717, 1.165) is 17.1 Å². The number of nitrogens with zero attached hydrogens (tertiary/aromatic N) is 1. The molecule has 0 aliphatic heterocycles. The molecular formula is C68H61N. The van der Waals surface area contributed by atoms with Gasteiger partial charge < -0.3 is 4.90 Å². The molecule has 1 unspecified atom stereocenters. The molecule has 0 N–H and O–H groups in total. The van der Waals surface area contributed by atoms with Crippen LogP contribution in [-0.4, -0.2) is 0 Å². The molecule has 0 fully saturated rings. The summed E-state index contributed by atoms with van der Waals surface area (Å²) in [5.74, 6) is 0. The number of rotatable bonds is 5. The molecule has 0 radical (unpaired) electrons. The first-order valence-corrected chi connectivity index (χ1v) is 24.9. The van der Waals surface area contributed by atoms with Crippen LogP contribution in [0.5, 0.6) is 0 Å². The number of fused-ring (bicyclic) bond motifs is 13. The molecule has 0 heterocycles. The minimum atomic E-state index is -0.566. The van der Waals surface area contributed by atoms with Gasteiger partial charge in [-0.25, -0.2) is 0 Å². The molecule has 3 aliphatic rings. The average molecular weight is 892 g/mol. The second-order valence-electron chi connectivity index (χ2n) is 22.9. The van der Waals surface area contributed by atoms with Crippen LogP contribution in [0.3, 0.4) is 0 Å². The van der Waals surface area contributed by atoms with Gasteiger partial charge in [0.05, 0.1) is 10.8 Å². The summed E-state index contributed by atoms with van der Waals surface area (Å²) in [6.07, 6.45) is 0. The van der Waals surface area contributed by atoms with Gasteiger partial charge in [0.1, 0.15) is 0 Å². The summed E-state index contributed by atoms with van der Waals surface area (Å²) in [6.45, 7) is 20.8. The summed E-state index contributed by atoms with van der Waals surface area (Å²) in [6, 6.07) is 79.4. The van der Waals surface area contributed by atoms with Crippen LogP contribution in [-0.2, 0) is 27.1 Å². The number of hydrogen-bond donors (Lipinski definition) is 0. The van der Waals surface area contributed by atoms with Crippen molar-refractivity contribution in [1.29, 1.82) is 0 Å². The lowest BCUT2D eigenvalue weighted by molar-refractivity contribution is 0.588. The van der Waals surface area contributed by atoms with E-state index in [9.17, 15) is 0 Å². The number of para-hydroxylation sites is 1. The van der Waals surface area contributed by atoms with E-state index < -0.39 is 10.8 Å². The van der Waals surface area contributed by atoms with E-state index >= 15 is 0 Å². The molecule has 3 aliphatic carbocycles. The largest absolute Gasteiger partial charge is 0.310 e. The van der Waals surface area contributed by atoms with Crippen LogP contribution in [0, 0.1) is 0 Å². The number of benzene rings is 9. The van der Waals surface area contributed by atoms with Crippen LogP contribution in [0.1, 0.15) is 124 Å². The molecule has 9 aromatic rings. The zero-order valence-corrected chi connectivity index (χ0v) is 41.6. The van der Waals surface area contributed by atoms with Crippen molar-refractivity contribution in [2.75, 3.05) is 4.90 Å². The maximum atomic E-state index is 2.53. The van der Waals surface area contributed by atoms with Crippen molar-refractivity contribution < 1.29 is 0 Å². The van der Waals surface area contributed by atoms with Crippen LogP contribution >= 0.6 is 0 Å². The fourth-order valence-electron chi connectivity index (χ4n) is 12.4. The smallest absolute Gasteiger partial charge is 0.0726 e. The molecule has 9 aromatic carbocycles. The van der Waals surface area contributed by atoms with Gasteiger partial charge in [-0.3, -0.25) is 0 Å². The van der Waals surface area contributed by atoms with Crippen LogP contribution in [0.15, 0.2) is 206 Å². The topological polar surface area (TPSA) is 3.24 Å². The fourth-order valence-corrected chi connectivity index (χ4v) is 12.4. The standard InChI is InChI=1S/C68H61N/c1-64(2,3)44-27-31-46(32-28-44)67(47-33-29-45(30-34-47)65(4,5)6)58-24-16-13-21-52(58)55-38-36-50(42-62(55)67)69(49-19-11-10-12-20-49)51-37-39-56-53-22-14-17-25-59(53)68(63(56)43-51)60-26-18-15-23-54(60)57-41-48(66(7,8)9)35-40-61(57)68/h10-43H,1-9H3. The molecule has 12 rings (SSSR count). The minimum absolute atomic E-state index is 0.0230. The third kappa shape index (κ3) is 6.29. The van der Waals surface area contributed by atoms with Crippen molar-refractivity contribution in [2.45, 2.75) is 89.4 Å². The maximum absolute atomic E-state index is 2.53. The Morgan fingerprint density at radius 1 is 0.261 bits per heavy atom. The first kappa shape index (κ1) is 43.1. The Bertz CT molecular complexity index is 3420. The lowest BCUT2D eigenvalue weighted by atomic mass is 9.67. The van der Waals surface area contributed by atoms with E-state index in [4.69, 9.17) is 0 Å². The van der Waals surface area contributed by atoms with Gasteiger partial charge in [-0.05, 0) is 147 Å². The predicted molar refractivity (Wildman–Crippen MR) is 291 cm³/mol. The molecule has 1 heteroatoms. The molecule has 338 valence electrons. The lowest BCUT2D eigenvalue weighted by Gasteiger charge is -2.36. The van der Waals surface area contributed by atoms with Crippen LogP contribution in [0.2, 0.25) is 0 Å². The Labute approximate surface area is 410 Å². The van der Waals surface area contributed by atoms with Crippen molar-refractivity contribution in [2.24, 2.45) is 0 Å². The van der Waals surface area contributed by atoms with Crippen molar-refractivity contribution in [3.8, 4) is 33.4 Å². The Morgan fingerprint density at radius 3 is 1.09 bits per heavy atom. The summed E-state index contributed by atoms with van der Waals surface area (Å²) >= 11 is 0. The van der Waals surface area contributed by atoms with Crippen molar-refractivity contribution in [3.63, 3.8) is 0 Å². The molecular weight excluding hydrogens is 831 g/mol. The average Bonchev–Trinajstić information content (AvgIpc) is 3.93. The minimum Gasteiger partial charge on any atom is -0.310 e. The second-order valence-corrected chi connectivity index (χ2v) is 22.9. The summed E-state index contributed by atoms with van der Waals surface area (Å²) in [7, 11) is 0. The molecule has 1 spiro atoms. The summed E-state index contributed by atoms with van der Waals surface area (Å²) in [5, 5.41) is 0. The SMILES string of the molecule is CC(C)(C)c1ccc(C2(c3ccc(C(C)(C)C)cc3)c3ccccc3-c3ccc(N(c4ccccc4)c4ccc5c(c4)C4(c6ccccc6-c6cc(C(C)(C)C)ccc64)c4ccccc4-5)cc32)cc1. The van der Waals surface area contributed by atoms with E-state index in [2.05, 4.69) is 273 Å². The zero-order valence-electron chi connectivity index (χ0n) is 41.6. The normalized spacial score (nSPS) is 16.1. The second kappa shape index (κ2) is 15.1. The molecule has 69 heavy (non-hydrogen) atoms. The molecule has 0 aromatic heterocycles. The van der Waals surface area contributed by atoms with Crippen molar-refractivity contribution in [3.05, 3.63) is 267 Å². The molecule has 1 atom stereocenters. The van der Waals surface area contributed by atoms with Crippen molar-refractivity contribution >= 4 is 17.1 Å². The highest BCUT2D eigenvalue weighted by molar-refractivity contribution is 5.97. The highest BCUT2D eigenvalue weighted by Crippen LogP contribution is 2.64. The zero-order chi connectivity index (χ0) is 47.7. The van der Waals surface area contributed by atoms with Crippen LogP contribution in [0.4, 0.5) is 17.1 Å². The number of hydrogen-bond acceptors (Lipinski definition) is 1. The van der Waals surface area contributed by atoms with Gasteiger partial charge in [0, 0.05) is 17.1 Å². The maximum Gasteiger partial charge on any atom is 0.0726 e. The molecule has 0 saturated carbocycles. The number of anilines is 3. The Kier molecular flexibility index (Phi) is 9.45. The van der Waals surface area contributed by atoms with E-state index in [0.29, 0.717) is 0 Å². The van der Waals surface area contributed by atoms with Gasteiger partial charge in [0.25, 0.3) is 0 Å². The van der Waals surface area contributed by atoms with Gasteiger partial charge >= 0.3 is 0 Å². The third-order valence-corrected chi connectivity index (χ3v) is 15.9. The lowest BCUT2D eigenvalue weighted by Crippen LogP contribution is -2.29. The highest BCUT2D eigenvalue weighted by Gasteiger charge is 2.52. The molecule has 0 saturated heterocycles. The Balaban J connectivity index is 1.11. The Morgan fingerprint density at radius 2 is 0.623 bits per heavy atom. The van der Waals surface area contributed by atoms with Crippen molar-refractivity contribution in [1.82, 2.24) is 0 Å². The Hall–Kier alpha value is -7.22. The van der Waals surface area contributed by atoms with E-state index in [1.54, 1.807) is 0 Å². The van der Waals surface area contributed by atoms with Gasteiger partial charge in [0.2, 0.25) is 0 Å². The first-order valence-electron chi connectivity index (χ1n) is 24.9. The van der Waals surface area contributed by atoms with Crippen LogP contribution < -0.4 is 4.90 Å². The first-order chi connectivity index (χ1) is 33.1. The highest BCUT2D eigenvalue weighted by atomic mass is 15.1. The van der Waals surface area contributed by atoms with Crippen LogP contribution in [0.25, 0.3) is 33.4 Å². The van der Waals surface area contributed by atoms with Gasteiger partial charge in [-0.15, -0.1) is 0 Å². The molecule has 0 amide bonds. The van der Waals surface area contributed by atoms with E-state index in [1.165, 1.54) is 94.6 Å². The monoisotopic (exact) mass is 891 g/mol. The van der Waals surface area contributed by atoms with Gasteiger partial charge in [0.15, 0.2) is 0 Å². The summed E-state index contributed by atoms with van der Waals surface area (Å²) in [5.41, 5.74) is 24.9.